The summed E-state index contributed by atoms with van der Waals surface area (Å²) in [5.41, 5.74) is 0. The first kappa shape index (κ1) is 13.9. The molecule has 104 valence electrons. The molecule has 2 fully saturated rings. The van der Waals surface area contributed by atoms with Crippen LogP contribution >= 0.6 is 0 Å². The monoisotopic (exact) mass is 252 g/mol. The van der Waals surface area contributed by atoms with Crippen molar-refractivity contribution < 1.29 is 4.79 Å². The lowest BCUT2D eigenvalue weighted by atomic mass is 9.78. The van der Waals surface area contributed by atoms with Crippen molar-refractivity contribution in [3.8, 4) is 0 Å². The minimum atomic E-state index is 0.341. The Morgan fingerprint density at radius 1 is 1.28 bits per heavy atom. The molecule has 2 aliphatic rings. The van der Waals surface area contributed by atoms with Crippen LogP contribution in [0.4, 0.5) is 0 Å². The number of nitrogens with zero attached hydrogens (tertiary/aromatic N) is 1. The van der Waals surface area contributed by atoms with E-state index in [4.69, 9.17) is 0 Å². The number of nitrogens with one attached hydrogen (secondary N) is 1. The topological polar surface area (TPSA) is 32.3 Å². The van der Waals surface area contributed by atoms with E-state index < -0.39 is 0 Å². The van der Waals surface area contributed by atoms with Gasteiger partial charge in [-0.05, 0) is 38.0 Å². The van der Waals surface area contributed by atoms with Crippen LogP contribution in [-0.2, 0) is 4.79 Å². The van der Waals surface area contributed by atoms with Gasteiger partial charge >= 0.3 is 0 Å². The van der Waals surface area contributed by atoms with Gasteiger partial charge in [-0.25, -0.2) is 0 Å². The first-order chi connectivity index (χ1) is 8.58. The predicted molar refractivity (Wildman–Crippen MR) is 74.4 cm³/mol. The molecule has 0 aromatic carbocycles. The van der Waals surface area contributed by atoms with E-state index in [1.807, 2.05) is 4.90 Å². The quantitative estimate of drug-likeness (QED) is 0.833. The molecule has 1 heterocycles. The Kier molecular flexibility index (Phi) is 4.66. The summed E-state index contributed by atoms with van der Waals surface area (Å²) in [5.74, 6) is 1.88. The van der Waals surface area contributed by atoms with Gasteiger partial charge in [0.25, 0.3) is 0 Å². The van der Waals surface area contributed by atoms with Crippen LogP contribution in [0.3, 0.4) is 0 Å². The van der Waals surface area contributed by atoms with Crippen LogP contribution < -0.4 is 5.32 Å². The molecule has 1 amide bonds. The molecule has 1 aliphatic heterocycles. The Morgan fingerprint density at radius 3 is 2.50 bits per heavy atom. The molecule has 3 atom stereocenters. The van der Waals surface area contributed by atoms with Crippen LogP contribution in [0.1, 0.15) is 52.9 Å². The van der Waals surface area contributed by atoms with Crippen LogP contribution in [-0.4, -0.2) is 36.0 Å². The van der Waals surface area contributed by atoms with Gasteiger partial charge in [0.15, 0.2) is 0 Å². The van der Waals surface area contributed by atoms with E-state index in [0.717, 1.165) is 37.8 Å². The van der Waals surface area contributed by atoms with Crippen LogP contribution in [0.25, 0.3) is 0 Å². The molecule has 0 bridgehead atoms. The summed E-state index contributed by atoms with van der Waals surface area (Å²) < 4.78 is 0. The van der Waals surface area contributed by atoms with E-state index >= 15 is 0 Å². The second-order valence-corrected chi connectivity index (χ2v) is 6.42. The second kappa shape index (κ2) is 6.05. The second-order valence-electron chi connectivity index (χ2n) is 6.42. The van der Waals surface area contributed by atoms with Crippen molar-refractivity contribution in [2.45, 2.75) is 65.0 Å². The van der Waals surface area contributed by atoms with Gasteiger partial charge < -0.3 is 10.2 Å². The third-order valence-electron chi connectivity index (χ3n) is 4.69. The first-order valence-electron chi connectivity index (χ1n) is 7.61. The van der Waals surface area contributed by atoms with Gasteiger partial charge in [-0.3, -0.25) is 4.79 Å². The number of carbonyl (C=O) groups is 1. The summed E-state index contributed by atoms with van der Waals surface area (Å²) >= 11 is 0. The number of hydrogen-bond acceptors (Lipinski definition) is 2. The Labute approximate surface area is 111 Å². The molecular weight excluding hydrogens is 224 g/mol. The molecule has 2 rings (SSSR count). The molecule has 0 radical (unpaired) electrons. The standard InChI is InChI=1S/C15H28N2O/c1-11-6-4-7-12(2)15(11)16-13(3)10-17-9-5-8-14(17)18/h11-13,15-16H,4-10H2,1-3H3. The van der Waals surface area contributed by atoms with Gasteiger partial charge in [0.2, 0.25) is 5.91 Å². The Morgan fingerprint density at radius 2 is 1.94 bits per heavy atom. The molecule has 1 N–H and O–H groups in total. The van der Waals surface area contributed by atoms with Gasteiger partial charge in [-0.1, -0.05) is 20.3 Å². The molecule has 3 heteroatoms. The summed E-state index contributed by atoms with van der Waals surface area (Å²) in [6.07, 6.45) is 5.86. The molecule has 0 aromatic rings. The maximum Gasteiger partial charge on any atom is 0.222 e. The first-order valence-corrected chi connectivity index (χ1v) is 7.61. The molecule has 1 saturated carbocycles. The lowest BCUT2D eigenvalue weighted by Gasteiger charge is -2.38. The molecule has 0 spiro atoms. The Balaban J connectivity index is 1.82. The van der Waals surface area contributed by atoms with Crippen LogP contribution in [0.5, 0.6) is 0 Å². The summed E-state index contributed by atoms with van der Waals surface area (Å²) in [4.78, 5) is 13.7. The van der Waals surface area contributed by atoms with Gasteiger partial charge in [0.1, 0.15) is 0 Å². The number of carbonyl (C=O) groups excluding carboxylic acids is 1. The molecule has 1 aliphatic carbocycles. The van der Waals surface area contributed by atoms with E-state index in [0.29, 0.717) is 18.0 Å². The molecule has 3 unspecified atom stereocenters. The highest BCUT2D eigenvalue weighted by molar-refractivity contribution is 5.78. The fraction of sp³-hybridized carbons (Fsp3) is 0.933. The lowest BCUT2D eigenvalue weighted by molar-refractivity contribution is -0.128. The van der Waals surface area contributed by atoms with E-state index in [9.17, 15) is 4.79 Å². The van der Waals surface area contributed by atoms with Crippen molar-refractivity contribution >= 4 is 5.91 Å². The third-order valence-corrected chi connectivity index (χ3v) is 4.69. The van der Waals surface area contributed by atoms with Crippen molar-refractivity contribution in [2.24, 2.45) is 11.8 Å². The Bertz CT molecular complexity index is 282. The summed E-state index contributed by atoms with van der Waals surface area (Å²) in [5, 5.41) is 3.77. The zero-order valence-corrected chi connectivity index (χ0v) is 12.1. The maximum atomic E-state index is 11.6. The van der Waals surface area contributed by atoms with Gasteiger partial charge in [0.05, 0.1) is 0 Å². The van der Waals surface area contributed by atoms with Crippen molar-refractivity contribution in [3.05, 3.63) is 0 Å². The molecule has 18 heavy (non-hydrogen) atoms. The average Bonchev–Trinajstić information content (AvgIpc) is 2.70. The van der Waals surface area contributed by atoms with E-state index in [1.54, 1.807) is 0 Å². The molecular formula is C15H28N2O. The Hall–Kier alpha value is -0.570. The average molecular weight is 252 g/mol. The highest BCUT2D eigenvalue weighted by Gasteiger charge is 2.29. The maximum absolute atomic E-state index is 11.6. The summed E-state index contributed by atoms with van der Waals surface area (Å²) in [6, 6.07) is 1.05. The SMILES string of the molecule is CC(CN1CCCC1=O)NC1C(C)CCCC1C. The lowest BCUT2D eigenvalue weighted by Crippen LogP contribution is -2.50. The number of likely N-dealkylation sites (tertiary alicyclic amines) is 1. The van der Waals surface area contributed by atoms with E-state index in [-0.39, 0.29) is 0 Å². The minimum Gasteiger partial charge on any atom is -0.341 e. The molecule has 1 saturated heterocycles. The third kappa shape index (κ3) is 3.25. The van der Waals surface area contributed by atoms with Crippen molar-refractivity contribution in [2.75, 3.05) is 13.1 Å². The van der Waals surface area contributed by atoms with Crippen LogP contribution in [0.15, 0.2) is 0 Å². The number of rotatable bonds is 4. The van der Waals surface area contributed by atoms with Crippen LogP contribution in [0.2, 0.25) is 0 Å². The van der Waals surface area contributed by atoms with E-state index in [2.05, 4.69) is 26.1 Å². The fourth-order valence-corrected chi connectivity index (χ4v) is 3.62. The highest BCUT2D eigenvalue weighted by Crippen LogP contribution is 2.29. The van der Waals surface area contributed by atoms with E-state index in [1.165, 1.54) is 19.3 Å². The summed E-state index contributed by atoms with van der Waals surface area (Å²) in [6.45, 7) is 8.79. The number of hydrogen-bond donors (Lipinski definition) is 1. The fourth-order valence-electron chi connectivity index (χ4n) is 3.62. The summed E-state index contributed by atoms with van der Waals surface area (Å²) in [7, 11) is 0. The highest BCUT2D eigenvalue weighted by atomic mass is 16.2. The smallest absolute Gasteiger partial charge is 0.222 e. The minimum absolute atomic E-state index is 0.341. The zero-order chi connectivity index (χ0) is 13.1. The zero-order valence-electron chi connectivity index (χ0n) is 12.1. The normalized spacial score (nSPS) is 34.9. The molecule has 3 nitrogen and oxygen atoms in total. The van der Waals surface area contributed by atoms with Crippen molar-refractivity contribution in [1.29, 1.82) is 0 Å². The number of amides is 1. The van der Waals surface area contributed by atoms with Crippen LogP contribution in [0, 0.1) is 11.8 Å². The van der Waals surface area contributed by atoms with Crippen molar-refractivity contribution in [3.63, 3.8) is 0 Å². The van der Waals surface area contributed by atoms with Gasteiger partial charge in [-0.15, -0.1) is 0 Å². The largest absolute Gasteiger partial charge is 0.341 e. The van der Waals surface area contributed by atoms with Gasteiger partial charge in [0, 0.05) is 31.6 Å². The van der Waals surface area contributed by atoms with Crippen molar-refractivity contribution in [1.82, 2.24) is 10.2 Å². The predicted octanol–water partition coefficient (Wildman–Crippen LogP) is 2.41. The van der Waals surface area contributed by atoms with Gasteiger partial charge in [-0.2, -0.15) is 0 Å². The molecule has 0 aromatic heterocycles.